The normalized spacial score (nSPS) is 10.8. The summed E-state index contributed by atoms with van der Waals surface area (Å²) in [6, 6.07) is 16.6. The van der Waals surface area contributed by atoms with Gasteiger partial charge in [-0.1, -0.05) is 58.5 Å². The molecule has 0 atom stereocenters. The van der Waals surface area contributed by atoms with Crippen molar-refractivity contribution in [3.8, 4) is 16.9 Å². The van der Waals surface area contributed by atoms with Crippen molar-refractivity contribution in [1.82, 2.24) is 15.1 Å². The number of carbonyl (C=O) groups excluding carboxylic acids is 3. The monoisotopic (exact) mass is 603 g/mol. The standard InChI is InChI=1S/C27H21Cl4N5O3/c1-14-24(27(39)34-18-7-8-19(20(30)13-18)26(38)33-11-10-23(32)37)35-36(22-9-6-17(29)12-21(22)31)25(14)15-2-4-16(28)5-3-15/h2-9,12-13H,10-11H2,1H3,(H2,32,37)(H,33,38)(H,34,39). The van der Waals surface area contributed by atoms with Crippen molar-refractivity contribution in [3.05, 3.63) is 97.6 Å². The summed E-state index contributed by atoms with van der Waals surface area (Å²) in [5.41, 5.74) is 8.30. The van der Waals surface area contributed by atoms with Gasteiger partial charge in [-0.3, -0.25) is 14.4 Å². The zero-order chi connectivity index (χ0) is 28.3. The van der Waals surface area contributed by atoms with Crippen LogP contribution in [0.25, 0.3) is 16.9 Å². The molecular formula is C27H21Cl4N5O3. The Kier molecular flexibility index (Phi) is 8.82. The number of nitrogens with one attached hydrogen (secondary N) is 2. The van der Waals surface area contributed by atoms with Crippen molar-refractivity contribution < 1.29 is 14.4 Å². The van der Waals surface area contributed by atoms with Crippen molar-refractivity contribution >= 4 is 69.8 Å². The van der Waals surface area contributed by atoms with Crippen molar-refractivity contribution in [2.75, 3.05) is 11.9 Å². The molecule has 39 heavy (non-hydrogen) atoms. The number of aromatic nitrogens is 2. The van der Waals surface area contributed by atoms with E-state index in [-0.39, 0.29) is 29.2 Å². The zero-order valence-electron chi connectivity index (χ0n) is 20.4. The van der Waals surface area contributed by atoms with Gasteiger partial charge in [0.05, 0.1) is 27.0 Å². The maximum absolute atomic E-state index is 13.4. The topological polar surface area (TPSA) is 119 Å². The Hall–Kier alpha value is -3.56. The van der Waals surface area contributed by atoms with Crippen LogP contribution in [0.5, 0.6) is 0 Å². The summed E-state index contributed by atoms with van der Waals surface area (Å²) in [5, 5.41) is 11.4. The van der Waals surface area contributed by atoms with Gasteiger partial charge in [0.25, 0.3) is 11.8 Å². The molecule has 0 aliphatic heterocycles. The first-order valence-electron chi connectivity index (χ1n) is 11.5. The predicted octanol–water partition coefficient (Wildman–Crippen LogP) is 6.32. The minimum Gasteiger partial charge on any atom is -0.370 e. The molecule has 12 heteroatoms. The zero-order valence-corrected chi connectivity index (χ0v) is 23.4. The summed E-state index contributed by atoms with van der Waals surface area (Å²) < 4.78 is 1.58. The molecular weight excluding hydrogens is 584 g/mol. The predicted molar refractivity (Wildman–Crippen MR) is 154 cm³/mol. The van der Waals surface area contributed by atoms with E-state index >= 15 is 0 Å². The Balaban J connectivity index is 1.66. The van der Waals surface area contributed by atoms with Crippen LogP contribution >= 0.6 is 46.4 Å². The highest BCUT2D eigenvalue weighted by Crippen LogP contribution is 2.33. The molecule has 1 heterocycles. The van der Waals surface area contributed by atoms with Gasteiger partial charge < -0.3 is 16.4 Å². The summed E-state index contributed by atoms with van der Waals surface area (Å²) in [7, 11) is 0. The first kappa shape index (κ1) is 28.4. The number of halogens is 4. The smallest absolute Gasteiger partial charge is 0.276 e. The summed E-state index contributed by atoms with van der Waals surface area (Å²) in [6.07, 6.45) is 0.00272. The van der Waals surface area contributed by atoms with Crippen molar-refractivity contribution in [2.24, 2.45) is 5.73 Å². The largest absolute Gasteiger partial charge is 0.370 e. The van der Waals surface area contributed by atoms with Gasteiger partial charge in [0.2, 0.25) is 5.91 Å². The van der Waals surface area contributed by atoms with Gasteiger partial charge in [-0.25, -0.2) is 4.68 Å². The first-order chi connectivity index (χ1) is 18.5. The third-order valence-electron chi connectivity index (χ3n) is 5.72. The Bertz CT molecular complexity index is 1590. The number of hydrogen-bond donors (Lipinski definition) is 3. The lowest BCUT2D eigenvalue weighted by Gasteiger charge is -2.11. The van der Waals surface area contributed by atoms with Crippen LogP contribution in [0.1, 0.15) is 32.8 Å². The van der Waals surface area contributed by atoms with Crippen LogP contribution in [0.15, 0.2) is 60.7 Å². The third-order valence-corrected chi connectivity index (χ3v) is 6.82. The lowest BCUT2D eigenvalue weighted by Crippen LogP contribution is -2.28. The molecule has 200 valence electrons. The number of benzene rings is 3. The number of nitrogens with zero attached hydrogens (tertiary/aromatic N) is 2. The van der Waals surface area contributed by atoms with Gasteiger partial charge in [0.1, 0.15) is 0 Å². The molecule has 1 aromatic heterocycles. The molecule has 0 saturated heterocycles. The summed E-state index contributed by atoms with van der Waals surface area (Å²) in [6.45, 7) is 1.86. The highest BCUT2D eigenvalue weighted by Gasteiger charge is 2.24. The number of anilines is 1. The van der Waals surface area contributed by atoms with E-state index in [1.807, 2.05) is 12.1 Å². The molecule has 8 nitrogen and oxygen atoms in total. The molecule has 4 aromatic rings. The van der Waals surface area contributed by atoms with E-state index in [2.05, 4.69) is 15.7 Å². The molecule has 3 amide bonds. The maximum Gasteiger partial charge on any atom is 0.276 e. The van der Waals surface area contributed by atoms with E-state index in [1.165, 1.54) is 18.2 Å². The van der Waals surface area contributed by atoms with E-state index in [0.717, 1.165) is 5.56 Å². The number of rotatable bonds is 8. The number of amides is 3. The molecule has 0 aliphatic carbocycles. The fourth-order valence-corrected chi connectivity index (χ4v) is 4.73. The fraction of sp³-hybridized carbons (Fsp3) is 0.111. The molecule has 0 unspecified atom stereocenters. The van der Waals surface area contributed by atoms with Crippen LogP contribution in [0.3, 0.4) is 0 Å². The molecule has 4 N–H and O–H groups in total. The summed E-state index contributed by atoms with van der Waals surface area (Å²) in [4.78, 5) is 36.6. The van der Waals surface area contributed by atoms with Gasteiger partial charge in [-0.15, -0.1) is 0 Å². The first-order valence-corrected chi connectivity index (χ1v) is 13.0. The van der Waals surface area contributed by atoms with Gasteiger partial charge in [-0.05, 0) is 55.5 Å². The summed E-state index contributed by atoms with van der Waals surface area (Å²) >= 11 is 25.0. The molecule has 0 aliphatic rings. The second-order valence-corrected chi connectivity index (χ2v) is 10.1. The van der Waals surface area contributed by atoms with E-state index in [1.54, 1.807) is 41.9 Å². The SMILES string of the molecule is Cc1c(C(=O)Nc2ccc(C(=O)NCCC(N)=O)c(Cl)c2)nn(-c2ccc(Cl)cc2Cl)c1-c1ccc(Cl)cc1. The highest BCUT2D eigenvalue weighted by atomic mass is 35.5. The third kappa shape index (κ3) is 6.54. The number of hydrogen-bond acceptors (Lipinski definition) is 4. The number of carbonyl (C=O) groups is 3. The average Bonchev–Trinajstić information content (AvgIpc) is 3.21. The van der Waals surface area contributed by atoms with Gasteiger partial charge in [0.15, 0.2) is 5.69 Å². The van der Waals surface area contributed by atoms with Gasteiger partial charge >= 0.3 is 0 Å². The second kappa shape index (κ2) is 12.1. The van der Waals surface area contributed by atoms with Crippen LogP contribution in [0.4, 0.5) is 5.69 Å². The lowest BCUT2D eigenvalue weighted by molar-refractivity contribution is -0.117. The fourth-order valence-electron chi connectivity index (χ4n) is 3.85. The highest BCUT2D eigenvalue weighted by molar-refractivity contribution is 6.36. The lowest BCUT2D eigenvalue weighted by atomic mass is 10.1. The number of primary amides is 1. The van der Waals surface area contributed by atoms with Crippen molar-refractivity contribution in [2.45, 2.75) is 13.3 Å². The van der Waals surface area contributed by atoms with Crippen molar-refractivity contribution in [1.29, 1.82) is 0 Å². The van der Waals surface area contributed by atoms with Crippen LogP contribution in [-0.4, -0.2) is 34.0 Å². The Morgan fingerprint density at radius 1 is 0.872 bits per heavy atom. The van der Waals surface area contributed by atoms with Gasteiger partial charge in [-0.2, -0.15) is 5.10 Å². The van der Waals surface area contributed by atoms with Gasteiger partial charge in [0, 0.05) is 39.8 Å². The van der Waals surface area contributed by atoms with E-state index < -0.39 is 17.7 Å². The molecule has 0 saturated carbocycles. The Morgan fingerprint density at radius 2 is 1.56 bits per heavy atom. The quantitative estimate of drug-likeness (QED) is 0.218. The van der Waals surface area contributed by atoms with Crippen LogP contribution in [0, 0.1) is 6.92 Å². The second-order valence-electron chi connectivity index (χ2n) is 8.46. The molecule has 0 fully saturated rings. The Labute approximate surface area is 244 Å². The van der Waals surface area contributed by atoms with E-state index in [4.69, 9.17) is 52.1 Å². The minimum absolute atomic E-state index is 0.00272. The summed E-state index contributed by atoms with van der Waals surface area (Å²) in [5.74, 6) is -1.50. The maximum atomic E-state index is 13.4. The van der Waals surface area contributed by atoms with Crippen LogP contribution in [-0.2, 0) is 4.79 Å². The molecule has 4 rings (SSSR count). The van der Waals surface area contributed by atoms with Crippen LogP contribution < -0.4 is 16.4 Å². The molecule has 3 aromatic carbocycles. The van der Waals surface area contributed by atoms with E-state index in [0.29, 0.717) is 37.7 Å². The average molecular weight is 605 g/mol. The number of nitrogens with two attached hydrogens (primary N) is 1. The van der Waals surface area contributed by atoms with Crippen LogP contribution in [0.2, 0.25) is 20.1 Å². The minimum atomic E-state index is -0.533. The molecule has 0 spiro atoms. The Morgan fingerprint density at radius 3 is 2.21 bits per heavy atom. The molecule has 0 radical (unpaired) electrons. The van der Waals surface area contributed by atoms with E-state index in [9.17, 15) is 14.4 Å². The molecule has 0 bridgehead atoms. The van der Waals surface area contributed by atoms with Crippen molar-refractivity contribution in [3.63, 3.8) is 0 Å².